The monoisotopic (exact) mass is 1470 g/mol. The van der Waals surface area contributed by atoms with Crippen molar-refractivity contribution in [1.29, 1.82) is 10.5 Å². The zero-order chi connectivity index (χ0) is 76.2. The van der Waals surface area contributed by atoms with Crippen molar-refractivity contribution in [3.63, 3.8) is 0 Å². The smallest absolute Gasteiger partial charge is 0.168 e. The number of hydrogen-bond donors (Lipinski definition) is 3. The number of benzene rings is 10. The van der Waals surface area contributed by atoms with Gasteiger partial charge in [0.2, 0.25) is 0 Å². The molecule has 0 amide bonds. The number of unbranched alkanes of at least 4 members (excludes halogenated alkanes) is 7. The molecule has 0 saturated carbocycles. The lowest BCUT2D eigenvalue weighted by molar-refractivity contribution is 0.287. The summed E-state index contributed by atoms with van der Waals surface area (Å²) in [7, 11) is 0. The van der Waals surface area contributed by atoms with Gasteiger partial charge in [0.05, 0.1) is 61.5 Å². The van der Waals surface area contributed by atoms with Crippen LogP contribution in [-0.2, 0) is 0 Å². The third-order valence-corrected chi connectivity index (χ3v) is 20.6. The van der Waals surface area contributed by atoms with Crippen LogP contribution in [0.4, 0.5) is 0 Å². The first-order valence-electron chi connectivity index (χ1n) is 39.2. The topological polar surface area (TPSA) is 232 Å². The van der Waals surface area contributed by atoms with Gasteiger partial charge in [-0.05, 0) is 116 Å². The predicted octanol–water partition coefficient (Wildman–Crippen LogP) is 23.8. The van der Waals surface area contributed by atoms with E-state index in [2.05, 4.69) is 195 Å². The molecule has 17 heteroatoms. The molecule has 0 spiro atoms. The maximum Gasteiger partial charge on any atom is 0.168 e. The highest BCUT2D eigenvalue weighted by Gasteiger charge is 2.34. The van der Waals surface area contributed by atoms with Crippen molar-refractivity contribution in [3.8, 4) is 92.2 Å². The molecule has 110 heavy (non-hydrogen) atoms. The van der Waals surface area contributed by atoms with Gasteiger partial charge in [0.1, 0.15) is 80.4 Å². The lowest BCUT2D eigenvalue weighted by atomic mass is 9.94. The molecule has 0 fully saturated rings. The Kier molecular flexibility index (Phi) is 25.4. The quantitative estimate of drug-likeness (QED) is 0.0428. The van der Waals surface area contributed by atoms with Crippen LogP contribution in [0.25, 0.3) is 144 Å². The van der Waals surface area contributed by atoms with E-state index in [0.717, 1.165) is 233 Å². The summed E-state index contributed by atoms with van der Waals surface area (Å²) in [6, 6.07) is 45.7. The Morgan fingerprint density at radius 1 is 0.300 bits per heavy atom. The number of aliphatic hydroxyl groups excluding tert-OH is 1. The SMILES string of the molecule is C.CCCCO.CCCCOc1c(C#N)c(C#N)c(OCCCC)c2ccccc12.CCCCOc1c2c(c(C)c3ccccc13)-c1nc-2nc2[nH]c(nc3nc(nc4[nH]c(n1)c1c(C)c5ccccc5c(OCCCC)c41)-c1c-3c(OCCCC)c3ccccc3c1C)c1c(OCCCC)c3ccccc3c(C)c21. The van der Waals surface area contributed by atoms with Gasteiger partial charge in [-0.1, -0.05) is 222 Å². The largest absolute Gasteiger partial charge is 0.492 e. The van der Waals surface area contributed by atoms with Gasteiger partial charge < -0.3 is 43.5 Å². The second kappa shape index (κ2) is 35.8. The average Bonchev–Trinajstić information content (AvgIpc) is 1.55. The lowest BCUT2D eigenvalue weighted by Gasteiger charge is -2.17. The zero-order valence-corrected chi connectivity index (χ0v) is 64.9. The fourth-order valence-electron chi connectivity index (χ4n) is 14.9. The predicted molar refractivity (Wildman–Crippen MR) is 450 cm³/mol. The molecule has 0 aliphatic carbocycles. The van der Waals surface area contributed by atoms with Crippen LogP contribution >= 0.6 is 0 Å². The molecule has 10 aromatic carbocycles. The number of aryl methyl sites for hydroxylation is 4. The molecule has 0 unspecified atom stereocenters. The maximum atomic E-state index is 9.61. The van der Waals surface area contributed by atoms with Crippen LogP contribution < -0.4 is 28.4 Å². The van der Waals surface area contributed by atoms with Crippen LogP contribution in [-0.4, -0.2) is 91.2 Å². The number of ether oxygens (including phenoxy) is 6. The van der Waals surface area contributed by atoms with Crippen molar-refractivity contribution < 1.29 is 33.5 Å². The standard InChI is InChI=1S/C68H66N8O4.C20H22N2O2.C4H10O.CH4/c1-9-13-33-77-57-45-29-21-17-25-41(45)37(5)49-53(57)65-70-61(49)69-62-50-38(6)42-26-18-22-30-46(42)58(78-34-14-10-2)54(50)66(71-62)73-64-52-40(8)44-28-20-24-32-48(44)60(80-36-16-12-4)56(52)68(75-64)76-67-55-51(63(72-65)74-67)39(7)43-27-19-23-31-47(43)59(55)79-35-15-11-3;1-3-5-11-23-19-15-9-7-8-10-16(15)20(24-12-6-4-2)18(14-22)17(19)13-21;1-2-3-4-5;/h17-32H,9-16,33-36H2,1-8H3,(H2,69,70,71,72,73,74,75,76);7-10H,3-6,11-12H2,1-2H3;5H,2-4H2,1H3;1H4. The highest BCUT2D eigenvalue weighted by atomic mass is 16.5. The molecule has 0 saturated heterocycles. The van der Waals surface area contributed by atoms with E-state index in [4.69, 9.17) is 63.4 Å². The Morgan fingerprint density at radius 3 is 0.809 bits per heavy atom. The Labute approximate surface area is 645 Å². The second-order valence-electron chi connectivity index (χ2n) is 28.1. The molecule has 5 heterocycles. The number of aromatic nitrogens is 8. The summed E-state index contributed by atoms with van der Waals surface area (Å²) in [6.07, 6.45) is 13.3. The van der Waals surface area contributed by atoms with E-state index >= 15 is 0 Å². The molecule has 0 radical (unpaired) electrons. The third kappa shape index (κ3) is 14.9. The average molecular weight is 1470 g/mol. The normalized spacial score (nSPS) is 11.4. The first-order chi connectivity index (χ1) is 53.4. The number of hydrogen-bond acceptors (Lipinski definition) is 15. The summed E-state index contributed by atoms with van der Waals surface area (Å²) in [4.78, 5) is 41.6. The molecule has 3 aromatic heterocycles. The minimum absolute atomic E-state index is 0. The van der Waals surface area contributed by atoms with Gasteiger partial charge in [0.25, 0.3) is 0 Å². The van der Waals surface area contributed by atoms with Crippen LogP contribution in [0.5, 0.6) is 34.5 Å². The van der Waals surface area contributed by atoms with Crippen molar-refractivity contribution >= 4 is 98.0 Å². The lowest BCUT2D eigenvalue weighted by Crippen LogP contribution is -2.05. The van der Waals surface area contributed by atoms with Crippen LogP contribution in [0.3, 0.4) is 0 Å². The fraction of sp³-hybridized carbons (Fsp3) is 0.355. The van der Waals surface area contributed by atoms with Gasteiger partial charge in [-0.15, -0.1) is 0 Å². The summed E-state index contributed by atoms with van der Waals surface area (Å²) in [5.41, 5.74) is 10.2. The Morgan fingerprint density at radius 2 is 0.536 bits per heavy atom. The van der Waals surface area contributed by atoms with Gasteiger partial charge in [0.15, 0.2) is 23.3 Å². The molecule has 2 aliphatic rings. The van der Waals surface area contributed by atoms with Gasteiger partial charge in [0, 0.05) is 60.8 Å². The van der Waals surface area contributed by atoms with E-state index in [1.54, 1.807) is 0 Å². The van der Waals surface area contributed by atoms with Crippen LogP contribution in [0.2, 0.25) is 0 Å². The van der Waals surface area contributed by atoms with E-state index in [-0.39, 0.29) is 18.6 Å². The zero-order valence-electron chi connectivity index (χ0n) is 64.9. The highest BCUT2D eigenvalue weighted by molar-refractivity contribution is 6.21. The van der Waals surface area contributed by atoms with Gasteiger partial charge in [-0.2, -0.15) is 10.5 Å². The molecule has 13 aromatic rings. The van der Waals surface area contributed by atoms with E-state index in [1.807, 2.05) is 24.3 Å². The number of aromatic amines is 2. The van der Waals surface area contributed by atoms with Crippen molar-refractivity contribution in [3.05, 3.63) is 155 Å². The first-order valence-corrected chi connectivity index (χ1v) is 39.2. The maximum absolute atomic E-state index is 9.61. The van der Waals surface area contributed by atoms with Gasteiger partial charge in [-0.3, -0.25) is 0 Å². The fourth-order valence-corrected chi connectivity index (χ4v) is 14.9. The van der Waals surface area contributed by atoms with Gasteiger partial charge >= 0.3 is 0 Å². The number of aliphatic hydroxyl groups is 1. The Hall–Kier alpha value is -11.4. The van der Waals surface area contributed by atoms with Crippen molar-refractivity contribution in [2.45, 2.75) is 173 Å². The molecule has 566 valence electrons. The Bertz CT molecular complexity index is 5780. The summed E-state index contributed by atoms with van der Waals surface area (Å²) in [5, 5.41) is 40.5. The number of fused-ring (bicyclic) bond motifs is 25. The minimum atomic E-state index is 0. The minimum Gasteiger partial charge on any atom is -0.492 e. The Balaban J connectivity index is 0.000000316. The molecular formula is C93H102N10O7. The van der Waals surface area contributed by atoms with E-state index in [9.17, 15) is 10.5 Å². The van der Waals surface area contributed by atoms with Crippen LogP contribution in [0.1, 0.15) is 179 Å². The first kappa shape index (κ1) is 78.2. The third-order valence-electron chi connectivity index (χ3n) is 20.6. The second-order valence-corrected chi connectivity index (χ2v) is 28.1. The van der Waals surface area contributed by atoms with Crippen molar-refractivity contribution in [2.24, 2.45) is 0 Å². The summed E-state index contributed by atoms with van der Waals surface area (Å²) in [6.45, 7) is 27.1. The number of H-pyrrole nitrogens is 2. The molecule has 17 nitrogen and oxygen atoms in total. The molecule has 0 atom stereocenters. The molecule has 15 rings (SSSR count). The number of nitrogens with zero attached hydrogens (tertiary/aromatic N) is 8. The van der Waals surface area contributed by atoms with E-state index < -0.39 is 0 Å². The summed E-state index contributed by atoms with van der Waals surface area (Å²) >= 11 is 0. The van der Waals surface area contributed by atoms with Crippen molar-refractivity contribution in [1.82, 2.24) is 39.9 Å². The molecule has 2 aliphatic heterocycles. The van der Waals surface area contributed by atoms with Crippen LogP contribution in [0.15, 0.2) is 121 Å². The molecule has 3 N–H and O–H groups in total. The molecular weight excluding hydrogens is 1370 g/mol. The number of nitrogens with one attached hydrogen (secondary N) is 2. The molecule has 8 bridgehead atoms. The summed E-state index contributed by atoms with van der Waals surface area (Å²) in [5.74, 6) is 5.82. The van der Waals surface area contributed by atoms with Crippen LogP contribution in [0, 0.1) is 50.4 Å². The number of nitriles is 2. The number of rotatable bonds is 26. The highest BCUT2D eigenvalue weighted by Crippen LogP contribution is 2.53. The summed E-state index contributed by atoms with van der Waals surface area (Å²) < 4.78 is 39.7. The van der Waals surface area contributed by atoms with E-state index in [1.165, 1.54) is 0 Å². The van der Waals surface area contributed by atoms with Crippen molar-refractivity contribution in [2.75, 3.05) is 46.2 Å². The van der Waals surface area contributed by atoms with E-state index in [0.29, 0.717) is 104 Å². The van der Waals surface area contributed by atoms with Gasteiger partial charge in [-0.25, -0.2) is 29.9 Å².